The number of aromatic amines is 2. The second-order valence-corrected chi connectivity index (χ2v) is 5.45. The number of nitrogens with one attached hydrogen (secondary N) is 2. The molecule has 1 saturated heterocycles. The van der Waals surface area contributed by atoms with Gasteiger partial charge in [0.25, 0.3) is 5.91 Å². The number of methoxy groups -OCH3 is 1. The van der Waals surface area contributed by atoms with Gasteiger partial charge in [0.15, 0.2) is 0 Å². The first-order valence-corrected chi connectivity index (χ1v) is 6.95. The lowest BCUT2D eigenvalue weighted by atomic mass is 10.1. The van der Waals surface area contributed by atoms with Gasteiger partial charge in [-0.3, -0.25) is 9.89 Å². The van der Waals surface area contributed by atoms with Gasteiger partial charge in [0.2, 0.25) is 0 Å². The molecule has 112 valence electrons. The number of rotatable bonds is 3. The van der Waals surface area contributed by atoms with Crippen molar-refractivity contribution in [2.75, 3.05) is 13.7 Å². The highest BCUT2D eigenvalue weighted by Crippen LogP contribution is 2.32. The molecule has 2 aromatic rings. The maximum atomic E-state index is 12.8. The van der Waals surface area contributed by atoms with Crippen LogP contribution in [0.2, 0.25) is 0 Å². The van der Waals surface area contributed by atoms with Gasteiger partial charge in [-0.25, -0.2) is 4.98 Å². The number of aromatic nitrogens is 4. The molecular formula is C14H19N5O2. The third-order valence-electron chi connectivity index (χ3n) is 3.97. The molecule has 0 aliphatic carbocycles. The van der Waals surface area contributed by atoms with E-state index in [0.717, 1.165) is 17.7 Å². The van der Waals surface area contributed by atoms with Crippen LogP contribution >= 0.6 is 0 Å². The zero-order chi connectivity index (χ0) is 15.0. The summed E-state index contributed by atoms with van der Waals surface area (Å²) in [5.74, 6) is 0.672. The molecule has 0 spiro atoms. The third-order valence-corrected chi connectivity index (χ3v) is 3.97. The number of nitrogens with zero attached hydrogens (tertiary/aromatic N) is 3. The van der Waals surface area contributed by atoms with Gasteiger partial charge in [0.1, 0.15) is 17.8 Å². The maximum absolute atomic E-state index is 12.8. The van der Waals surface area contributed by atoms with E-state index in [4.69, 9.17) is 4.74 Å². The molecule has 2 aromatic heterocycles. The molecule has 1 amide bonds. The molecule has 1 aliphatic rings. The summed E-state index contributed by atoms with van der Waals surface area (Å²) in [6.45, 7) is 4.43. The van der Waals surface area contributed by atoms with Crippen LogP contribution < -0.4 is 0 Å². The number of carbonyl (C=O) groups is 1. The van der Waals surface area contributed by atoms with E-state index in [-0.39, 0.29) is 18.1 Å². The van der Waals surface area contributed by atoms with Gasteiger partial charge in [-0.15, -0.1) is 0 Å². The fourth-order valence-corrected chi connectivity index (χ4v) is 2.92. The van der Waals surface area contributed by atoms with E-state index in [9.17, 15) is 4.79 Å². The Kier molecular flexibility index (Phi) is 3.50. The molecule has 0 radical (unpaired) electrons. The standard InChI is InChI=1S/C14H19N5O2/c1-8-4-9(2)17-12(8)14(20)19-6-10(21-3)5-11(19)13-15-7-16-18-13/h4,7,10-11,17H,5-6H2,1-3H3,(H,15,16,18)/t10-,11+/m1/s1. The van der Waals surface area contributed by atoms with Crippen molar-refractivity contribution in [2.24, 2.45) is 0 Å². The Morgan fingerprint density at radius 3 is 2.86 bits per heavy atom. The monoisotopic (exact) mass is 289 g/mol. The highest BCUT2D eigenvalue weighted by atomic mass is 16.5. The predicted molar refractivity (Wildman–Crippen MR) is 75.8 cm³/mol. The van der Waals surface area contributed by atoms with Crippen LogP contribution in [0.1, 0.15) is 40.0 Å². The average molecular weight is 289 g/mol. The second-order valence-electron chi connectivity index (χ2n) is 5.45. The van der Waals surface area contributed by atoms with Crippen molar-refractivity contribution in [2.45, 2.75) is 32.4 Å². The highest BCUT2D eigenvalue weighted by Gasteiger charge is 2.39. The van der Waals surface area contributed by atoms with E-state index in [2.05, 4.69) is 20.2 Å². The molecule has 3 heterocycles. The van der Waals surface area contributed by atoms with E-state index in [0.29, 0.717) is 18.1 Å². The van der Waals surface area contributed by atoms with Gasteiger partial charge < -0.3 is 14.6 Å². The van der Waals surface area contributed by atoms with E-state index < -0.39 is 0 Å². The molecule has 0 saturated carbocycles. The van der Waals surface area contributed by atoms with E-state index in [1.165, 1.54) is 6.33 Å². The Hall–Kier alpha value is -2.15. The molecule has 2 atom stereocenters. The molecule has 7 heteroatoms. The van der Waals surface area contributed by atoms with E-state index in [1.54, 1.807) is 12.0 Å². The van der Waals surface area contributed by atoms with Crippen molar-refractivity contribution in [1.29, 1.82) is 0 Å². The number of hydrogen-bond acceptors (Lipinski definition) is 4. The van der Waals surface area contributed by atoms with Gasteiger partial charge in [-0.2, -0.15) is 5.10 Å². The Morgan fingerprint density at radius 2 is 2.29 bits per heavy atom. The van der Waals surface area contributed by atoms with Crippen molar-refractivity contribution in [3.63, 3.8) is 0 Å². The molecule has 1 aliphatic heterocycles. The molecule has 0 unspecified atom stereocenters. The van der Waals surface area contributed by atoms with Crippen molar-refractivity contribution in [3.05, 3.63) is 35.2 Å². The van der Waals surface area contributed by atoms with Gasteiger partial charge in [-0.05, 0) is 25.5 Å². The minimum absolute atomic E-state index is 0.0143. The summed E-state index contributed by atoms with van der Waals surface area (Å²) in [5, 5.41) is 6.74. The number of H-pyrrole nitrogens is 2. The van der Waals surface area contributed by atoms with Gasteiger partial charge in [0, 0.05) is 25.8 Å². The molecule has 0 bridgehead atoms. The van der Waals surface area contributed by atoms with Crippen LogP contribution in [0.4, 0.5) is 0 Å². The summed E-state index contributed by atoms with van der Waals surface area (Å²) in [5.41, 5.74) is 2.57. The molecule has 7 nitrogen and oxygen atoms in total. The minimum atomic E-state index is -0.132. The number of ether oxygens (including phenoxy) is 1. The van der Waals surface area contributed by atoms with E-state index in [1.807, 2.05) is 19.9 Å². The van der Waals surface area contributed by atoms with Crippen molar-refractivity contribution < 1.29 is 9.53 Å². The van der Waals surface area contributed by atoms with Crippen LogP contribution in [-0.4, -0.2) is 50.7 Å². The summed E-state index contributed by atoms with van der Waals surface area (Å²) in [6.07, 6.45) is 2.19. The zero-order valence-electron chi connectivity index (χ0n) is 12.4. The fraction of sp³-hybridized carbons (Fsp3) is 0.500. The van der Waals surface area contributed by atoms with Crippen molar-refractivity contribution >= 4 is 5.91 Å². The summed E-state index contributed by atoms with van der Waals surface area (Å²) < 4.78 is 5.42. The van der Waals surface area contributed by atoms with Gasteiger partial charge >= 0.3 is 0 Å². The molecule has 2 N–H and O–H groups in total. The first kappa shape index (κ1) is 13.8. The normalized spacial score (nSPS) is 22.0. The Morgan fingerprint density at radius 1 is 1.48 bits per heavy atom. The summed E-state index contributed by atoms with van der Waals surface area (Å²) >= 11 is 0. The number of aryl methyl sites for hydroxylation is 2. The Labute approximate surface area is 122 Å². The quantitative estimate of drug-likeness (QED) is 0.893. The Bertz CT molecular complexity index is 634. The highest BCUT2D eigenvalue weighted by molar-refractivity contribution is 5.94. The third kappa shape index (κ3) is 2.44. The van der Waals surface area contributed by atoms with Crippen LogP contribution in [-0.2, 0) is 4.74 Å². The lowest BCUT2D eigenvalue weighted by Crippen LogP contribution is -2.33. The Balaban J connectivity index is 1.91. The first-order valence-electron chi connectivity index (χ1n) is 6.95. The predicted octanol–water partition coefficient (Wildman–Crippen LogP) is 1.35. The smallest absolute Gasteiger partial charge is 0.271 e. The lowest BCUT2D eigenvalue weighted by molar-refractivity contribution is 0.0678. The topological polar surface area (TPSA) is 86.9 Å². The SMILES string of the molecule is CO[C@@H]1C[C@@H](c2ncn[nH]2)N(C(=O)c2[nH]c(C)cc2C)C1. The first-order chi connectivity index (χ1) is 10.1. The molecular weight excluding hydrogens is 270 g/mol. The van der Waals surface area contributed by atoms with Crippen LogP contribution in [0, 0.1) is 13.8 Å². The average Bonchev–Trinajstić information content (AvgIpc) is 3.16. The second kappa shape index (κ2) is 5.33. The molecule has 1 fully saturated rings. The van der Waals surface area contributed by atoms with Crippen LogP contribution in [0.3, 0.4) is 0 Å². The maximum Gasteiger partial charge on any atom is 0.271 e. The van der Waals surface area contributed by atoms with Gasteiger partial charge in [-0.1, -0.05) is 0 Å². The van der Waals surface area contributed by atoms with Crippen molar-refractivity contribution in [3.8, 4) is 0 Å². The number of amides is 1. The zero-order valence-corrected chi connectivity index (χ0v) is 12.4. The number of likely N-dealkylation sites (tertiary alicyclic amines) is 1. The van der Waals surface area contributed by atoms with Crippen LogP contribution in [0.5, 0.6) is 0 Å². The summed E-state index contributed by atoms with van der Waals surface area (Å²) in [6, 6.07) is 1.84. The van der Waals surface area contributed by atoms with Crippen LogP contribution in [0.25, 0.3) is 0 Å². The van der Waals surface area contributed by atoms with E-state index >= 15 is 0 Å². The largest absolute Gasteiger partial charge is 0.380 e. The number of hydrogen-bond donors (Lipinski definition) is 2. The fourth-order valence-electron chi connectivity index (χ4n) is 2.92. The number of carbonyl (C=O) groups excluding carboxylic acids is 1. The van der Waals surface area contributed by atoms with Crippen LogP contribution in [0.15, 0.2) is 12.4 Å². The molecule has 0 aromatic carbocycles. The van der Waals surface area contributed by atoms with Crippen molar-refractivity contribution in [1.82, 2.24) is 25.1 Å². The summed E-state index contributed by atoms with van der Waals surface area (Å²) in [4.78, 5) is 22.0. The molecule has 3 rings (SSSR count). The summed E-state index contributed by atoms with van der Waals surface area (Å²) in [7, 11) is 1.67. The van der Waals surface area contributed by atoms with Gasteiger partial charge in [0.05, 0.1) is 12.1 Å². The lowest BCUT2D eigenvalue weighted by Gasteiger charge is -2.22. The minimum Gasteiger partial charge on any atom is -0.380 e. The molecule has 21 heavy (non-hydrogen) atoms.